The molecule has 0 saturated heterocycles. The molecule has 0 fully saturated rings. The quantitative estimate of drug-likeness (QED) is 0.363. The SMILES string of the molecule is CCc1ccc(-c2ccc(-c3cc(C)nn3CC(=O)OCSC)s2)cc1S(C)(=O)=O. The lowest BCUT2D eigenvalue weighted by Crippen LogP contribution is -2.15. The van der Waals surface area contributed by atoms with Gasteiger partial charge in [-0.1, -0.05) is 19.1 Å². The molecule has 30 heavy (non-hydrogen) atoms. The average Bonchev–Trinajstić information content (AvgIpc) is 3.31. The maximum Gasteiger partial charge on any atom is 0.328 e. The second-order valence-electron chi connectivity index (χ2n) is 6.86. The van der Waals surface area contributed by atoms with E-state index in [1.54, 1.807) is 10.7 Å². The Morgan fingerprint density at radius 2 is 1.93 bits per heavy atom. The summed E-state index contributed by atoms with van der Waals surface area (Å²) in [5.74, 6) is -0.0213. The van der Waals surface area contributed by atoms with Crippen molar-refractivity contribution in [1.29, 1.82) is 0 Å². The molecule has 1 aromatic carbocycles. The molecule has 0 amide bonds. The van der Waals surface area contributed by atoms with Gasteiger partial charge in [0.15, 0.2) is 9.84 Å². The van der Waals surface area contributed by atoms with Crippen LogP contribution in [0.2, 0.25) is 0 Å². The molecule has 0 atom stereocenters. The summed E-state index contributed by atoms with van der Waals surface area (Å²) in [6.45, 7) is 3.87. The summed E-state index contributed by atoms with van der Waals surface area (Å²) in [5, 5.41) is 4.42. The minimum atomic E-state index is -3.31. The van der Waals surface area contributed by atoms with Gasteiger partial charge in [0.2, 0.25) is 0 Å². The molecule has 0 aliphatic rings. The number of sulfone groups is 1. The van der Waals surface area contributed by atoms with Crippen LogP contribution < -0.4 is 0 Å². The predicted octanol–water partition coefficient (Wildman–Crippen LogP) is 4.42. The molecule has 3 aromatic rings. The highest BCUT2D eigenvalue weighted by Gasteiger charge is 2.17. The van der Waals surface area contributed by atoms with E-state index >= 15 is 0 Å². The van der Waals surface area contributed by atoms with E-state index in [0.717, 1.165) is 32.3 Å². The second kappa shape index (κ2) is 9.36. The molecule has 0 radical (unpaired) electrons. The number of hydrogen-bond donors (Lipinski definition) is 0. The van der Waals surface area contributed by atoms with Gasteiger partial charge in [0.05, 0.1) is 21.2 Å². The van der Waals surface area contributed by atoms with Crippen molar-refractivity contribution >= 4 is 38.9 Å². The third-order valence-electron chi connectivity index (χ3n) is 4.51. The smallest absolute Gasteiger partial charge is 0.328 e. The fourth-order valence-corrected chi connectivity index (χ4v) is 5.43. The Bertz CT molecular complexity index is 1160. The van der Waals surface area contributed by atoms with Crippen LogP contribution in [0, 0.1) is 6.92 Å². The lowest BCUT2D eigenvalue weighted by molar-refractivity contribution is -0.142. The van der Waals surface area contributed by atoms with Gasteiger partial charge in [0, 0.05) is 11.1 Å². The van der Waals surface area contributed by atoms with Crippen LogP contribution in [0.4, 0.5) is 0 Å². The monoisotopic (exact) mass is 464 g/mol. The van der Waals surface area contributed by atoms with E-state index in [9.17, 15) is 13.2 Å². The highest BCUT2D eigenvalue weighted by Crippen LogP contribution is 2.36. The number of aryl methyl sites for hydroxylation is 2. The molecule has 0 bridgehead atoms. The van der Waals surface area contributed by atoms with Gasteiger partial charge in [-0.2, -0.15) is 5.10 Å². The average molecular weight is 465 g/mol. The summed E-state index contributed by atoms with van der Waals surface area (Å²) in [6.07, 6.45) is 3.76. The van der Waals surface area contributed by atoms with Crippen LogP contribution in [-0.2, 0) is 32.3 Å². The van der Waals surface area contributed by atoms with Crippen LogP contribution in [0.1, 0.15) is 18.2 Å². The van der Waals surface area contributed by atoms with E-state index in [1.165, 1.54) is 29.4 Å². The summed E-state index contributed by atoms with van der Waals surface area (Å²) >= 11 is 2.97. The van der Waals surface area contributed by atoms with E-state index in [-0.39, 0.29) is 12.5 Å². The van der Waals surface area contributed by atoms with Crippen molar-refractivity contribution in [3.63, 3.8) is 0 Å². The molecular formula is C21H24N2O4S3. The number of esters is 1. The van der Waals surface area contributed by atoms with Crippen molar-refractivity contribution in [3.8, 4) is 21.0 Å². The molecule has 0 N–H and O–H groups in total. The number of rotatable bonds is 8. The first kappa shape index (κ1) is 22.6. The number of thioether (sulfide) groups is 1. The van der Waals surface area contributed by atoms with E-state index < -0.39 is 9.84 Å². The largest absolute Gasteiger partial charge is 0.453 e. The Balaban J connectivity index is 1.94. The Morgan fingerprint density at radius 1 is 1.20 bits per heavy atom. The molecule has 0 saturated carbocycles. The van der Waals surface area contributed by atoms with Crippen molar-refractivity contribution < 1.29 is 17.9 Å². The lowest BCUT2D eigenvalue weighted by atomic mass is 10.1. The minimum absolute atomic E-state index is 0.0421. The number of benzene rings is 1. The number of carbonyl (C=O) groups is 1. The van der Waals surface area contributed by atoms with Crippen LogP contribution in [0.15, 0.2) is 41.3 Å². The van der Waals surface area contributed by atoms with Gasteiger partial charge in [0.1, 0.15) is 12.5 Å². The molecule has 0 unspecified atom stereocenters. The Hall–Kier alpha value is -2.10. The zero-order valence-corrected chi connectivity index (χ0v) is 19.8. The number of hydrogen-bond acceptors (Lipinski definition) is 7. The van der Waals surface area contributed by atoms with E-state index in [0.29, 0.717) is 17.3 Å². The summed E-state index contributed by atoms with van der Waals surface area (Å²) in [5.41, 5.74) is 3.31. The molecule has 0 aliphatic heterocycles. The van der Waals surface area contributed by atoms with Crippen LogP contribution in [-0.4, -0.2) is 42.6 Å². The lowest BCUT2D eigenvalue weighted by Gasteiger charge is -2.08. The number of aromatic nitrogens is 2. The molecule has 9 heteroatoms. The third kappa shape index (κ3) is 5.14. The summed E-state index contributed by atoms with van der Waals surface area (Å²) in [4.78, 5) is 14.3. The molecule has 0 spiro atoms. The van der Waals surface area contributed by atoms with Gasteiger partial charge in [-0.05, 0) is 55.0 Å². The Kier molecular flexibility index (Phi) is 7.05. The molecular weight excluding hydrogens is 440 g/mol. The zero-order chi connectivity index (χ0) is 21.9. The number of nitrogens with zero attached hydrogens (tertiary/aromatic N) is 2. The first-order valence-corrected chi connectivity index (χ1v) is 13.5. The first-order valence-electron chi connectivity index (χ1n) is 9.35. The highest BCUT2D eigenvalue weighted by atomic mass is 32.2. The maximum atomic E-state index is 12.2. The van der Waals surface area contributed by atoms with Crippen molar-refractivity contribution in [1.82, 2.24) is 9.78 Å². The van der Waals surface area contributed by atoms with Gasteiger partial charge in [0.25, 0.3) is 0 Å². The fourth-order valence-electron chi connectivity index (χ4n) is 3.13. The van der Waals surface area contributed by atoms with Crippen molar-refractivity contribution in [2.24, 2.45) is 0 Å². The molecule has 2 heterocycles. The van der Waals surface area contributed by atoms with Crippen LogP contribution >= 0.6 is 23.1 Å². The molecule has 6 nitrogen and oxygen atoms in total. The fraction of sp³-hybridized carbons (Fsp3) is 0.333. The van der Waals surface area contributed by atoms with Gasteiger partial charge in [-0.15, -0.1) is 23.1 Å². The molecule has 2 aromatic heterocycles. The molecule has 160 valence electrons. The maximum absolute atomic E-state index is 12.2. The minimum Gasteiger partial charge on any atom is -0.453 e. The van der Waals surface area contributed by atoms with Crippen molar-refractivity contribution in [3.05, 3.63) is 47.7 Å². The van der Waals surface area contributed by atoms with Crippen LogP contribution in [0.3, 0.4) is 0 Å². The summed E-state index contributed by atoms with van der Waals surface area (Å²) in [6, 6.07) is 11.4. The van der Waals surface area contributed by atoms with E-state index in [4.69, 9.17) is 4.74 Å². The van der Waals surface area contributed by atoms with Gasteiger partial charge in [-0.25, -0.2) is 8.42 Å². The number of ether oxygens (including phenoxy) is 1. The number of carbonyl (C=O) groups excluding carboxylic acids is 1. The summed E-state index contributed by atoms with van der Waals surface area (Å²) < 4.78 is 31.2. The third-order valence-corrected chi connectivity index (χ3v) is 7.20. The standard InChI is InChI=1S/C21H24N2O4S3/c1-5-15-6-7-16(11-20(15)30(4,25)26)18-8-9-19(29-18)17-10-14(2)22-23(17)12-21(24)27-13-28-3/h6-11H,5,12-13H2,1-4H3. The molecule has 3 rings (SSSR count). The van der Waals surface area contributed by atoms with E-state index in [1.807, 2.05) is 50.4 Å². The van der Waals surface area contributed by atoms with E-state index in [2.05, 4.69) is 5.10 Å². The zero-order valence-electron chi connectivity index (χ0n) is 17.3. The predicted molar refractivity (Wildman–Crippen MR) is 123 cm³/mol. The molecule has 0 aliphatic carbocycles. The Morgan fingerprint density at radius 3 is 2.60 bits per heavy atom. The highest BCUT2D eigenvalue weighted by molar-refractivity contribution is 7.98. The first-order chi connectivity index (χ1) is 14.2. The normalized spacial score (nSPS) is 11.6. The topological polar surface area (TPSA) is 78.3 Å². The second-order valence-corrected chi connectivity index (χ2v) is 10.7. The van der Waals surface area contributed by atoms with Gasteiger partial charge < -0.3 is 4.74 Å². The van der Waals surface area contributed by atoms with Gasteiger partial charge in [-0.3, -0.25) is 9.48 Å². The van der Waals surface area contributed by atoms with Gasteiger partial charge >= 0.3 is 5.97 Å². The van der Waals surface area contributed by atoms with Crippen molar-refractivity contribution in [2.75, 3.05) is 18.5 Å². The van der Waals surface area contributed by atoms with Crippen LogP contribution in [0.25, 0.3) is 21.0 Å². The van der Waals surface area contributed by atoms with Crippen LogP contribution in [0.5, 0.6) is 0 Å². The summed E-state index contributed by atoms with van der Waals surface area (Å²) in [7, 11) is -3.31. The van der Waals surface area contributed by atoms with Crippen molar-refractivity contribution in [2.45, 2.75) is 31.7 Å². The Labute approximate surface area is 185 Å². The number of thiophene rings is 1.